The summed E-state index contributed by atoms with van der Waals surface area (Å²) >= 11 is 0. The van der Waals surface area contributed by atoms with Gasteiger partial charge in [-0.05, 0) is 101 Å². The van der Waals surface area contributed by atoms with Gasteiger partial charge in [-0.25, -0.2) is 0 Å². The van der Waals surface area contributed by atoms with Crippen molar-refractivity contribution >= 4 is 11.8 Å². The van der Waals surface area contributed by atoms with Crippen LogP contribution in [0.15, 0.2) is 72.4 Å². The summed E-state index contributed by atoms with van der Waals surface area (Å²) < 4.78 is 0. The Kier molecular flexibility index (Phi) is 10.1. The SMILES string of the molecule is CC(C)(C)c1cc(C=CC2=CC(c3cc(C(C)(C)C)cc(C(C)(C)C)c3)N(c3cc(C(C)(C)C)cc(C(C)(C)C)c3)N2)cc(C(C)(C)C)c1. The van der Waals surface area contributed by atoms with E-state index in [9.17, 15) is 0 Å². The van der Waals surface area contributed by atoms with Crippen molar-refractivity contribution in [3.63, 3.8) is 0 Å². The number of hydrogen-bond donors (Lipinski definition) is 1. The van der Waals surface area contributed by atoms with E-state index in [1.165, 1.54) is 50.2 Å². The van der Waals surface area contributed by atoms with Gasteiger partial charge in [0.05, 0.1) is 17.4 Å². The molecule has 0 saturated heterocycles. The molecule has 0 saturated carbocycles. The minimum Gasteiger partial charge on any atom is -0.298 e. The van der Waals surface area contributed by atoms with Crippen LogP contribution in [-0.2, 0) is 32.5 Å². The lowest BCUT2D eigenvalue weighted by atomic mass is 9.78. The van der Waals surface area contributed by atoms with Crippen molar-refractivity contribution in [1.29, 1.82) is 0 Å². The van der Waals surface area contributed by atoms with Gasteiger partial charge in [-0.3, -0.25) is 10.4 Å². The van der Waals surface area contributed by atoms with Gasteiger partial charge < -0.3 is 0 Å². The minimum absolute atomic E-state index is 0.0236. The van der Waals surface area contributed by atoms with Crippen molar-refractivity contribution in [1.82, 2.24) is 5.43 Å². The van der Waals surface area contributed by atoms with E-state index in [0.717, 1.165) is 5.70 Å². The van der Waals surface area contributed by atoms with Gasteiger partial charge in [0.1, 0.15) is 0 Å². The van der Waals surface area contributed by atoms with E-state index in [2.05, 4.69) is 208 Å². The van der Waals surface area contributed by atoms with Crippen LogP contribution in [-0.4, -0.2) is 0 Å². The number of nitrogens with one attached hydrogen (secondary N) is 1. The Labute approximate surface area is 301 Å². The number of hydrogen-bond acceptors (Lipinski definition) is 2. The number of allylic oxidation sites excluding steroid dienone is 1. The fourth-order valence-corrected chi connectivity index (χ4v) is 6.16. The number of anilines is 1. The summed E-state index contributed by atoms with van der Waals surface area (Å²) in [6, 6.07) is 21.7. The van der Waals surface area contributed by atoms with Crippen molar-refractivity contribution in [2.75, 3.05) is 5.01 Å². The molecular weight excluding hydrogens is 593 g/mol. The van der Waals surface area contributed by atoms with Crippen LogP contribution < -0.4 is 10.4 Å². The lowest BCUT2D eigenvalue weighted by molar-refractivity contribution is 0.562. The Morgan fingerprint density at radius 1 is 0.429 bits per heavy atom. The molecular formula is C47H68N2. The number of rotatable bonds is 4. The molecule has 1 N–H and O–H groups in total. The molecule has 2 nitrogen and oxygen atoms in total. The highest BCUT2D eigenvalue weighted by Gasteiger charge is 2.31. The second-order valence-corrected chi connectivity index (χ2v) is 20.8. The van der Waals surface area contributed by atoms with E-state index in [4.69, 9.17) is 0 Å². The Morgan fingerprint density at radius 2 is 0.755 bits per heavy atom. The maximum Gasteiger partial charge on any atom is 0.0958 e. The monoisotopic (exact) mass is 661 g/mol. The summed E-state index contributed by atoms with van der Waals surface area (Å²) in [7, 11) is 0. The lowest BCUT2D eigenvalue weighted by Gasteiger charge is -2.33. The van der Waals surface area contributed by atoms with E-state index in [1.807, 2.05) is 0 Å². The number of hydrazine groups is 1. The molecule has 0 fully saturated rings. The van der Waals surface area contributed by atoms with Crippen LogP contribution in [0, 0.1) is 0 Å². The van der Waals surface area contributed by atoms with Crippen molar-refractivity contribution < 1.29 is 0 Å². The summed E-state index contributed by atoms with van der Waals surface area (Å²) in [5.74, 6) is 0. The summed E-state index contributed by atoms with van der Waals surface area (Å²) in [5.41, 5.74) is 17.2. The smallest absolute Gasteiger partial charge is 0.0958 e. The molecule has 4 rings (SSSR count). The third-order valence-corrected chi connectivity index (χ3v) is 9.96. The van der Waals surface area contributed by atoms with Gasteiger partial charge in [-0.1, -0.05) is 173 Å². The molecule has 2 heteroatoms. The Morgan fingerprint density at radius 3 is 1.10 bits per heavy atom. The lowest BCUT2D eigenvalue weighted by Crippen LogP contribution is -2.35. The first kappa shape index (κ1) is 38.5. The standard InChI is InChI=1S/C47H68N2/c1-42(2,3)33-21-31(22-34(25-33)43(4,5)6)19-20-39-30-41(32-23-35(44(7,8)9)26-36(24-32)45(10,11)12)49(48-39)40-28-37(46(13,14)15)27-38(29-40)47(16,17)18/h19-30,41,48H,1-18H3. The zero-order valence-electron chi connectivity index (χ0n) is 34.5. The predicted molar refractivity (Wildman–Crippen MR) is 217 cm³/mol. The molecule has 1 atom stereocenters. The number of nitrogens with zero attached hydrogens (tertiary/aromatic N) is 1. The van der Waals surface area contributed by atoms with Crippen LogP contribution in [0.5, 0.6) is 0 Å². The van der Waals surface area contributed by atoms with E-state index >= 15 is 0 Å². The Balaban J connectivity index is 1.94. The normalized spacial score (nSPS) is 16.7. The van der Waals surface area contributed by atoms with Crippen LogP contribution in [0.4, 0.5) is 5.69 Å². The van der Waals surface area contributed by atoms with Gasteiger partial charge in [-0.2, -0.15) is 0 Å². The molecule has 1 heterocycles. The molecule has 3 aromatic carbocycles. The minimum atomic E-state index is 0.0236. The van der Waals surface area contributed by atoms with Gasteiger partial charge in [0.15, 0.2) is 0 Å². The quantitative estimate of drug-likeness (QED) is 0.300. The van der Waals surface area contributed by atoms with Gasteiger partial charge >= 0.3 is 0 Å². The van der Waals surface area contributed by atoms with E-state index in [0.29, 0.717) is 0 Å². The highest BCUT2D eigenvalue weighted by Crippen LogP contribution is 2.41. The molecule has 0 spiro atoms. The van der Waals surface area contributed by atoms with Crippen LogP contribution >= 0.6 is 0 Å². The molecule has 1 aliphatic heterocycles. The zero-order valence-corrected chi connectivity index (χ0v) is 34.5. The first-order valence-corrected chi connectivity index (χ1v) is 18.5. The molecule has 0 radical (unpaired) electrons. The second-order valence-electron chi connectivity index (χ2n) is 20.8. The molecule has 266 valence electrons. The summed E-state index contributed by atoms with van der Waals surface area (Å²) in [6.07, 6.45) is 6.99. The topological polar surface area (TPSA) is 15.3 Å². The van der Waals surface area contributed by atoms with Gasteiger partial charge in [0.25, 0.3) is 0 Å². The first-order chi connectivity index (χ1) is 22.0. The zero-order chi connectivity index (χ0) is 37.1. The average Bonchev–Trinajstić information content (AvgIpc) is 3.37. The third kappa shape index (κ3) is 9.30. The molecule has 0 aliphatic carbocycles. The molecule has 49 heavy (non-hydrogen) atoms. The molecule has 0 amide bonds. The van der Waals surface area contributed by atoms with Crippen LogP contribution in [0.2, 0.25) is 0 Å². The van der Waals surface area contributed by atoms with E-state index in [-0.39, 0.29) is 38.5 Å². The highest BCUT2D eigenvalue weighted by molar-refractivity contribution is 5.62. The summed E-state index contributed by atoms with van der Waals surface area (Å²) in [4.78, 5) is 0. The van der Waals surface area contributed by atoms with Crippen molar-refractivity contribution in [2.24, 2.45) is 0 Å². The van der Waals surface area contributed by atoms with Crippen LogP contribution in [0.1, 0.15) is 175 Å². The largest absolute Gasteiger partial charge is 0.298 e. The fourth-order valence-electron chi connectivity index (χ4n) is 6.16. The summed E-state index contributed by atoms with van der Waals surface area (Å²) in [6.45, 7) is 41.7. The van der Waals surface area contributed by atoms with Crippen LogP contribution in [0.25, 0.3) is 6.08 Å². The molecule has 0 bridgehead atoms. The molecule has 3 aromatic rings. The Hall–Kier alpha value is -3.26. The summed E-state index contributed by atoms with van der Waals surface area (Å²) in [5, 5.41) is 2.41. The third-order valence-electron chi connectivity index (χ3n) is 9.96. The van der Waals surface area contributed by atoms with Crippen molar-refractivity contribution in [3.05, 3.63) is 117 Å². The first-order valence-electron chi connectivity index (χ1n) is 18.5. The fraction of sp³-hybridized carbons (Fsp3) is 0.532. The Bertz CT molecular complexity index is 1620. The molecule has 1 unspecified atom stereocenters. The second kappa shape index (κ2) is 12.8. The predicted octanol–water partition coefficient (Wildman–Crippen LogP) is 13.1. The van der Waals surface area contributed by atoms with E-state index < -0.39 is 0 Å². The van der Waals surface area contributed by atoms with E-state index in [1.54, 1.807) is 0 Å². The maximum absolute atomic E-state index is 3.90. The van der Waals surface area contributed by atoms with Gasteiger partial charge in [0.2, 0.25) is 0 Å². The average molecular weight is 661 g/mol. The van der Waals surface area contributed by atoms with Crippen LogP contribution in [0.3, 0.4) is 0 Å². The van der Waals surface area contributed by atoms with Gasteiger partial charge in [-0.15, -0.1) is 0 Å². The van der Waals surface area contributed by atoms with Gasteiger partial charge in [0, 0.05) is 0 Å². The molecule has 1 aliphatic rings. The van der Waals surface area contributed by atoms with Crippen molar-refractivity contribution in [3.8, 4) is 0 Å². The number of benzene rings is 3. The van der Waals surface area contributed by atoms with Crippen molar-refractivity contribution in [2.45, 2.75) is 163 Å². The maximum atomic E-state index is 3.90. The highest BCUT2D eigenvalue weighted by atomic mass is 15.5. The molecule has 0 aromatic heterocycles.